The number of anilines is 2. The van der Waals surface area contributed by atoms with Crippen molar-refractivity contribution in [3.05, 3.63) is 72.6 Å². The average molecular weight is 426 g/mol. The van der Waals surface area contributed by atoms with E-state index >= 15 is 0 Å². The van der Waals surface area contributed by atoms with Crippen molar-refractivity contribution < 1.29 is 22.7 Å². The van der Waals surface area contributed by atoms with E-state index in [0.29, 0.717) is 29.4 Å². The van der Waals surface area contributed by atoms with Crippen LogP contribution in [0.25, 0.3) is 0 Å². The van der Waals surface area contributed by atoms with Crippen LogP contribution >= 0.6 is 0 Å². The Morgan fingerprint density at radius 3 is 2.53 bits per heavy atom. The summed E-state index contributed by atoms with van der Waals surface area (Å²) in [6.07, 6.45) is 3.31. The van der Waals surface area contributed by atoms with Crippen LogP contribution < -0.4 is 24.8 Å². The maximum Gasteiger partial charge on any atom is 0.319 e. The van der Waals surface area contributed by atoms with Crippen LogP contribution in [0.2, 0.25) is 0 Å². The first kappa shape index (κ1) is 19.5. The normalized spacial score (nSPS) is 12.3. The average Bonchev–Trinajstić information content (AvgIpc) is 3.21. The highest BCUT2D eigenvalue weighted by Gasteiger charge is 2.18. The third-order valence-electron chi connectivity index (χ3n) is 4.22. The van der Waals surface area contributed by atoms with Crippen molar-refractivity contribution in [2.24, 2.45) is 0 Å². The molecule has 0 radical (unpaired) electrons. The molecule has 0 aliphatic carbocycles. The molecule has 2 aromatic carbocycles. The molecule has 0 spiro atoms. The maximum atomic E-state index is 12.6. The number of nitrogens with zero attached hydrogens (tertiary/aromatic N) is 1. The van der Waals surface area contributed by atoms with E-state index in [1.165, 1.54) is 24.3 Å². The number of rotatable bonds is 6. The van der Waals surface area contributed by atoms with Gasteiger partial charge in [0.2, 0.25) is 6.79 Å². The smallest absolute Gasteiger partial charge is 0.319 e. The largest absolute Gasteiger partial charge is 0.454 e. The number of pyridine rings is 1. The number of hydrogen-bond donors (Lipinski definition) is 3. The number of nitrogens with one attached hydrogen (secondary N) is 3. The molecule has 1 aliphatic rings. The van der Waals surface area contributed by atoms with Gasteiger partial charge in [-0.15, -0.1) is 0 Å². The van der Waals surface area contributed by atoms with Gasteiger partial charge in [0.15, 0.2) is 11.5 Å². The molecule has 2 heterocycles. The Kier molecular flexibility index (Phi) is 5.40. The summed E-state index contributed by atoms with van der Waals surface area (Å²) in [5.74, 6) is 1.04. The summed E-state index contributed by atoms with van der Waals surface area (Å²) < 4.78 is 38.2. The summed E-state index contributed by atoms with van der Waals surface area (Å²) in [4.78, 5) is 16.0. The number of amides is 2. The van der Waals surface area contributed by atoms with Crippen molar-refractivity contribution in [2.75, 3.05) is 16.8 Å². The second kappa shape index (κ2) is 8.29. The monoisotopic (exact) mass is 426 g/mol. The third-order valence-corrected chi connectivity index (χ3v) is 5.62. The van der Waals surface area contributed by atoms with Crippen molar-refractivity contribution in [1.82, 2.24) is 10.3 Å². The number of aromatic nitrogens is 1. The fourth-order valence-electron chi connectivity index (χ4n) is 2.75. The fraction of sp³-hybridized carbons (Fsp3) is 0.100. The highest BCUT2D eigenvalue weighted by molar-refractivity contribution is 7.92. The lowest BCUT2D eigenvalue weighted by Crippen LogP contribution is -2.28. The van der Waals surface area contributed by atoms with Crippen LogP contribution in [0.4, 0.5) is 16.2 Å². The quantitative estimate of drug-likeness (QED) is 0.558. The van der Waals surface area contributed by atoms with Crippen LogP contribution in [0.15, 0.2) is 71.9 Å². The van der Waals surface area contributed by atoms with Gasteiger partial charge in [-0.3, -0.25) is 9.71 Å². The minimum Gasteiger partial charge on any atom is -0.454 e. The van der Waals surface area contributed by atoms with E-state index < -0.39 is 16.1 Å². The van der Waals surface area contributed by atoms with Gasteiger partial charge in [0.05, 0.1) is 10.6 Å². The first-order valence-electron chi connectivity index (χ1n) is 8.96. The number of fused-ring (bicyclic) bond motifs is 1. The predicted octanol–water partition coefficient (Wildman–Crippen LogP) is 2.93. The van der Waals surface area contributed by atoms with Gasteiger partial charge in [0.25, 0.3) is 10.0 Å². The predicted molar refractivity (Wildman–Crippen MR) is 110 cm³/mol. The van der Waals surface area contributed by atoms with E-state index in [1.807, 2.05) is 6.07 Å². The van der Waals surface area contributed by atoms with Crippen LogP contribution in [0, 0.1) is 0 Å². The lowest BCUT2D eigenvalue weighted by Gasteiger charge is -2.10. The van der Waals surface area contributed by atoms with Gasteiger partial charge >= 0.3 is 6.03 Å². The van der Waals surface area contributed by atoms with Crippen molar-refractivity contribution in [3.63, 3.8) is 0 Å². The molecule has 3 aromatic rings. The second-order valence-corrected chi connectivity index (χ2v) is 8.05. The summed E-state index contributed by atoms with van der Waals surface area (Å²) >= 11 is 0. The molecule has 1 aromatic heterocycles. The van der Waals surface area contributed by atoms with Gasteiger partial charge in [0.1, 0.15) is 0 Å². The Hall–Kier alpha value is -3.79. The Morgan fingerprint density at radius 1 is 1.00 bits per heavy atom. The maximum absolute atomic E-state index is 12.6. The molecule has 10 heteroatoms. The molecule has 0 saturated carbocycles. The van der Waals surface area contributed by atoms with Crippen molar-refractivity contribution in [3.8, 4) is 11.5 Å². The lowest BCUT2D eigenvalue weighted by atomic mass is 10.3. The Bertz CT molecular complexity index is 1150. The SMILES string of the molecule is O=C(NCc1cccnc1)Nc1ccc(S(=O)(=O)Nc2ccc3c(c2)OCO3)cc1. The molecule has 154 valence electrons. The fourth-order valence-corrected chi connectivity index (χ4v) is 3.80. The van der Waals surface area contributed by atoms with Crippen molar-refractivity contribution in [1.29, 1.82) is 0 Å². The first-order valence-corrected chi connectivity index (χ1v) is 10.4. The summed E-state index contributed by atoms with van der Waals surface area (Å²) in [5, 5.41) is 5.36. The van der Waals surface area contributed by atoms with E-state index in [-0.39, 0.29) is 11.7 Å². The minimum absolute atomic E-state index is 0.0569. The molecule has 0 saturated heterocycles. The van der Waals surface area contributed by atoms with Gasteiger partial charge in [-0.2, -0.15) is 0 Å². The van der Waals surface area contributed by atoms with Gasteiger partial charge in [-0.25, -0.2) is 13.2 Å². The van der Waals surface area contributed by atoms with Crippen LogP contribution in [0.3, 0.4) is 0 Å². The highest BCUT2D eigenvalue weighted by atomic mass is 32.2. The Balaban J connectivity index is 1.36. The van der Waals surface area contributed by atoms with Gasteiger partial charge in [-0.1, -0.05) is 6.07 Å². The molecule has 0 unspecified atom stereocenters. The molecule has 30 heavy (non-hydrogen) atoms. The van der Waals surface area contributed by atoms with E-state index in [9.17, 15) is 13.2 Å². The molecular formula is C20H18N4O5S. The number of carbonyl (C=O) groups is 1. The lowest BCUT2D eigenvalue weighted by molar-refractivity contribution is 0.174. The summed E-state index contributed by atoms with van der Waals surface area (Å²) in [6, 6.07) is 13.8. The van der Waals surface area contributed by atoms with E-state index in [1.54, 1.807) is 36.7 Å². The van der Waals surface area contributed by atoms with Crippen molar-refractivity contribution >= 4 is 27.4 Å². The first-order chi connectivity index (χ1) is 14.5. The van der Waals surface area contributed by atoms with Gasteiger partial charge in [-0.05, 0) is 48.0 Å². The summed E-state index contributed by atoms with van der Waals surface area (Å²) in [7, 11) is -3.80. The van der Waals surface area contributed by atoms with Gasteiger partial charge < -0.3 is 20.1 Å². The molecular weight excluding hydrogens is 408 g/mol. The highest BCUT2D eigenvalue weighted by Crippen LogP contribution is 2.34. The standard InChI is InChI=1S/C20H18N4O5S/c25-20(22-12-14-2-1-9-21-11-14)23-15-3-6-17(7-4-15)30(26,27)24-16-5-8-18-19(10-16)29-13-28-18/h1-11,24H,12-13H2,(H2,22,23,25). The number of carbonyl (C=O) groups excluding carboxylic acids is 1. The summed E-state index contributed by atoms with van der Waals surface area (Å²) in [5.41, 5.74) is 1.68. The molecule has 9 nitrogen and oxygen atoms in total. The zero-order chi connectivity index (χ0) is 21.0. The Morgan fingerprint density at radius 2 is 1.77 bits per heavy atom. The van der Waals surface area contributed by atoms with E-state index in [2.05, 4.69) is 20.3 Å². The number of ether oxygens (including phenoxy) is 2. The van der Waals surface area contributed by atoms with Crippen LogP contribution in [0.1, 0.15) is 5.56 Å². The molecule has 0 fully saturated rings. The van der Waals surface area contributed by atoms with Crippen molar-refractivity contribution in [2.45, 2.75) is 11.4 Å². The molecule has 4 rings (SSSR count). The van der Waals surface area contributed by atoms with Crippen LogP contribution in [0.5, 0.6) is 11.5 Å². The Labute approximate surface area is 173 Å². The number of benzene rings is 2. The molecule has 2 amide bonds. The molecule has 1 aliphatic heterocycles. The summed E-state index contributed by atoms with van der Waals surface area (Å²) in [6.45, 7) is 0.432. The van der Waals surface area contributed by atoms with Gasteiger partial charge in [0, 0.05) is 30.7 Å². The number of urea groups is 1. The van der Waals surface area contributed by atoms with E-state index in [0.717, 1.165) is 5.56 Å². The topological polar surface area (TPSA) is 119 Å². The van der Waals surface area contributed by atoms with E-state index in [4.69, 9.17) is 9.47 Å². The zero-order valence-electron chi connectivity index (χ0n) is 15.7. The minimum atomic E-state index is -3.80. The third kappa shape index (κ3) is 4.61. The van der Waals surface area contributed by atoms with Crippen LogP contribution in [-0.2, 0) is 16.6 Å². The molecule has 0 atom stereocenters. The molecule has 3 N–H and O–H groups in total. The number of sulfonamides is 1. The number of hydrogen-bond acceptors (Lipinski definition) is 6. The zero-order valence-corrected chi connectivity index (χ0v) is 16.5. The molecule has 0 bridgehead atoms. The van der Waals surface area contributed by atoms with Crippen LogP contribution in [-0.4, -0.2) is 26.2 Å². The second-order valence-electron chi connectivity index (χ2n) is 6.37.